The van der Waals surface area contributed by atoms with Gasteiger partial charge in [-0.3, -0.25) is 4.79 Å². The van der Waals surface area contributed by atoms with Gasteiger partial charge in [0.05, 0.1) is 7.11 Å². The minimum absolute atomic E-state index is 0.0217. The largest absolute Gasteiger partial charge is 0.496 e. The molecular formula is C15H21FN2O2. The number of hydrogen-bond acceptors (Lipinski definition) is 3. The van der Waals surface area contributed by atoms with Gasteiger partial charge in [-0.05, 0) is 37.9 Å². The first-order valence-corrected chi connectivity index (χ1v) is 7.06. The summed E-state index contributed by atoms with van der Waals surface area (Å²) in [5.74, 6) is -0.716. The van der Waals surface area contributed by atoms with E-state index >= 15 is 0 Å². The molecule has 1 aromatic carbocycles. The van der Waals surface area contributed by atoms with Gasteiger partial charge in [0.1, 0.15) is 17.1 Å². The second kappa shape index (κ2) is 7.24. The molecule has 0 radical (unpaired) electrons. The fourth-order valence-corrected chi connectivity index (χ4v) is 2.51. The Morgan fingerprint density at radius 2 is 2.35 bits per heavy atom. The molecule has 1 fully saturated rings. The zero-order chi connectivity index (χ0) is 14.4. The van der Waals surface area contributed by atoms with Crippen LogP contribution in [0.25, 0.3) is 0 Å². The molecule has 2 N–H and O–H groups in total. The number of halogens is 1. The van der Waals surface area contributed by atoms with Crippen LogP contribution in [0.15, 0.2) is 18.2 Å². The topological polar surface area (TPSA) is 50.4 Å². The predicted molar refractivity (Wildman–Crippen MR) is 75.5 cm³/mol. The van der Waals surface area contributed by atoms with E-state index in [-0.39, 0.29) is 11.3 Å². The van der Waals surface area contributed by atoms with Crippen molar-refractivity contribution in [1.29, 1.82) is 0 Å². The molecule has 0 bridgehead atoms. The lowest BCUT2D eigenvalue weighted by atomic mass is 10.0. The highest BCUT2D eigenvalue weighted by molar-refractivity contribution is 5.97. The standard InChI is InChI=1S/C15H21FN2O2/c1-20-13-7-4-6-12(16)14(13)15(19)18-10-8-11-5-2-3-9-17-11/h4,6-7,11,17H,2-3,5,8-10H2,1H3,(H,18,19). The number of ether oxygens (including phenoxy) is 1. The van der Waals surface area contributed by atoms with Gasteiger partial charge in [-0.2, -0.15) is 0 Å². The number of methoxy groups -OCH3 is 1. The normalized spacial score (nSPS) is 18.6. The van der Waals surface area contributed by atoms with E-state index in [0.717, 1.165) is 19.4 Å². The lowest BCUT2D eigenvalue weighted by molar-refractivity contribution is 0.0944. The molecule has 1 aliphatic heterocycles. The van der Waals surface area contributed by atoms with Crippen LogP contribution in [0.3, 0.4) is 0 Å². The lowest BCUT2D eigenvalue weighted by Gasteiger charge is -2.23. The molecule has 1 heterocycles. The molecule has 1 unspecified atom stereocenters. The van der Waals surface area contributed by atoms with Crippen LogP contribution in [0.1, 0.15) is 36.0 Å². The van der Waals surface area contributed by atoms with Gasteiger partial charge in [0.15, 0.2) is 0 Å². The number of carbonyl (C=O) groups excluding carboxylic acids is 1. The number of nitrogens with one attached hydrogen (secondary N) is 2. The zero-order valence-corrected chi connectivity index (χ0v) is 11.7. The van der Waals surface area contributed by atoms with E-state index in [1.807, 2.05) is 0 Å². The molecule has 1 aromatic rings. The third kappa shape index (κ3) is 3.70. The van der Waals surface area contributed by atoms with E-state index < -0.39 is 11.7 Å². The number of rotatable bonds is 5. The van der Waals surface area contributed by atoms with Crippen LogP contribution >= 0.6 is 0 Å². The van der Waals surface area contributed by atoms with Gasteiger partial charge in [-0.15, -0.1) is 0 Å². The summed E-state index contributed by atoms with van der Waals surface area (Å²) in [7, 11) is 1.43. The van der Waals surface area contributed by atoms with Crippen LogP contribution in [0.5, 0.6) is 5.75 Å². The molecule has 0 aliphatic carbocycles. The zero-order valence-electron chi connectivity index (χ0n) is 11.7. The Balaban J connectivity index is 1.88. The summed E-state index contributed by atoms with van der Waals surface area (Å²) in [5, 5.41) is 6.18. The summed E-state index contributed by atoms with van der Waals surface area (Å²) < 4.78 is 18.7. The highest BCUT2D eigenvalue weighted by Crippen LogP contribution is 2.20. The van der Waals surface area contributed by atoms with Crippen LogP contribution in [-0.2, 0) is 0 Å². The lowest BCUT2D eigenvalue weighted by Crippen LogP contribution is -2.37. The fourth-order valence-electron chi connectivity index (χ4n) is 2.51. The molecule has 0 aromatic heterocycles. The second-order valence-corrected chi connectivity index (χ2v) is 5.01. The van der Waals surface area contributed by atoms with E-state index in [2.05, 4.69) is 10.6 Å². The Hall–Kier alpha value is -1.62. The maximum absolute atomic E-state index is 13.7. The van der Waals surface area contributed by atoms with Gasteiger partial charge in [-0.25, -0.2) is 4.39 Å². The molecule has 0 saturated carbocycles. The van der Waals surface area contributed by atoms with Crippen molar-refractivity contribution in [2.24, 2.45) is 0 Å². The quantitative estimate of drug-likeness (QED) is 0.868. The summed E-state index contributed by atoms with van der Waals surface area (Å²) in [6, 6.07) is 4.82. The van der Waals surface area contributed by atoms with Crippen molar-refractivity contribution in [3.05, 3.63) is 29.6 Å². The molecule has 2 rings (SSSR count). The Bertz CT molecular complexity index is 459. The molecule has 20 heavy (non-hydrogen) atoms. The van der Waals surface area contributed by atoms with Crippen molar-refractivity contribution in [2.45, 2.75) is 31.7 Å². The van der Waals surface area contributed by atoms with Crippen molar-refractivity contribution >= 4 is 5.91 Å². The Labute approximate surface area is 118 Å². The van der Waals surface area contributed by atoms with Crippen LogP contribution in [-0.4, -0.2) is 32.1 Å². The minimum atomic E-state index is -0.558. The van der Waals surface area contributed by atoms with Gasteiger partial charge in [0.25, 0.3) is 5.91 Å². The van der Waals surface area contributed by atoms with Crippen LogP contribution in [0.2, 0.25) is 0 Å². The Morgan fingerprint density at radius 3 is 3.05 bits per heavy atom. The van der Waals surface area contributed by atoms with Crippen LogP contribution in [0.4, 0.5) is 4.39 Å². The minimum Gasteiger partial charge on any atom is -0.496 e. The molecular weight excluding hydrogens is 259 g/mol. The van der Waals surface area contributed by atoms with Gasteiger partial charge in [-0.1, -0.05) is 12.5 Å². The first kappa shape index (κ1) is 14.8. The molecule has 1 amide bonds. The maximum Gasteiger partial charge on any atom is 0.258 e. The second-order valence-electron chi connectivity index (χ2n) is 5.01. The van der Waals surface area contributed by atoms with Crippen LogP contribution < -0.4 is 15.4 Å². The van der Waals surface area contributed by atoms with E-state index in [1.54, 1.807) is 6.07 Å². The Kier molecular flexibility index (Phi) is 5.35. The molecule has 1 atom stereocenters. The van der Waals surface area contributed by atoms with E-state index in [4.69, 9.17) is 4.74 Å². The van der Waals surface area contributed by atoms with Crippen molar-refractivity contribution in [3.8, 4) is 5.75 Å². The van der Waals surface area contributed by atoms with Gasteiger partial charge in [0, 0.05) is 12.6 Å². The highest BCUT2D eigenvalue weighted by atomic mass is 19.1. The number of amides is 1. The molecule has 5 heteroatoms. The SMILES string of the molecule is COc1cccc(F)c1C(=O)NCCC1CCCCN1. The summed E-state index contributed by atoms with van der Waals surface area (Å²) in [6.07, 6.45) is 4.45. The van der Waals surface area contributed by atoms with Crippen molar-refractivity contribution in [2.75, 3.05) is 20.2 Å². The first-order chi connectivity index (χ1) is 9.72. The monoisotopic (exact) mass is 280 g/mol. The number of piperidine rings is 1. The fraction of sp³-hybridized carbons (Fsp3) is 0.533. The van der Waals surface area contributed by atoms with Crippen molar-refractivity contribution in [1.82, 2.24) is 10.6 Å². The maximum atomic E-state index is 13.7. The summed E-state index contributed by atoms with van der Waals surface area (Å²) in [5.41, 5.74) is -0.0217. The van der Waals surface area contributed by atoms with Gasteiger partial charge >= 0.3 is 0 Å². The third-order valence-corrected chi connectivity index (χ3v) is 3.61. The number of carbonyl (C=O) groups is 1. The predicted octanol–water partition coefficient (Wildman–Crippen LogP) is 2.10. The molecule has 0 spiro atoms. The first-order valence-electron chi connectivity index (χ1n) is 7.06. The number of benzene rings is 1. The highest BCUT2D eigenvalue weighted by Gasteiger charge is 2.18. The van der Waals surface area contributed by atoms with Crippen molar-refractivity contribution < 1.29 is 13.9 Å². The van der Waals surface area contributed by atoms with Crippen LogP contribution in [0, 0.1) is 5.82 Å². The Morgan fingerprint density at radius 1 is 1.50 bits per heavy atom. The third-order valence-electron chi connectivity index (χ3n) is 3.61. The summed E-state index contributed by atoms with van der Waals surface area (Å²) in [6.45, 7) is 1.58. The average Bonchev–Trinajstić information content (AvgIpc) is 2.47. The molecule has 1 saturated heterocycles. The van der Waals surface area contributed by atoms with E-state index in [1.165, 1.54) is 32.1 Å². The average molecular weight is 280 g/mol. The van der Waals surface area contributed by atoms with E-state index in [0.29, 0.717) is 12.6 Å². The molecule has 1 aliphatic rings. The molecule has 4 nitrogen and oxygen atoms in total. The van der Waals surface area contributed by atoms with E-state index in [9.17, 15) is 9.18 Å². The molecule has 110 valence electrons. The number of hydrogen-bond donors (Lipinski definition) is 2. The van der Waals surface area contributed by atoms with Gasteiger partial charge in [0.2, 0.25) is 0 Å². The summed E-state index contributed by atoms with van der Waals surface area (Å²) >= 11 is 0. The smallest absolute Gasteiger partial charge is 0.258 e. The van der Waals surface area contributed by atoms with Crippen molar-refractivity contribution in [3.63, 3.8) is 0 Å². The summed E-state index contributed by atoms with van der Waals surface area (Å²) in [4.78, 5) is 12.0. The van der Waals surface area contributed by atoms with Gasteiger partial charge < -0.3 is 15.4 Å².